The average Bonchev–Trinajstić information content (AvgIpc) is 2.89. The summed E-state index contributed by atoms with van der Waals surface area (Å²) in [5.74, 6) is 0.0668. The van der Waals surface area contributed by atoms with Crippen LogP contribution >= 0.6 is 0 Å². The van der Waals surface area contributed by atoms with Crippen molar-refractivity contribution in [2.45, 2.75) is 12.5 Å². The van der Waals surface area contributed by atoms with Gasteiger partial charge in [0.1, 0.15) is 11.8 Å². The normalized spacial score (nSPS) is 18.7. The number of para-hydroxylation sites is 1. The molecule has 2 fully saturated rings. The van der Waals surface area contributed by atoms with Crippen molar-refractivity contribution in [3.8, 4) is 5.75 Å². The van der Waals surface area contributed by atoms with Crippen molar-refractivity contribution in [2.24, 2.45) is 0 Å². The van der Waals surface area contributed by atoms with Gasteiger partial charge in [0.05, 0.1) is 13.5 Å². The average molecular weight is 463 g/mol. The molecule has 0 unspecified atom stereocenters. The predicted molar refractivity (Wildman–Crippen MR) is 130 cm³/mol. The number of benzene rings is 2. The minimum absolute atomic E-state index is 0.0146. The number of carbonyl (C=O) groups excluding carboxylic acids is 3. The van der Waals surface area contributed by atoms with Gasteiger partial charge >= 0.3 is 0 Å². The SMILES string of the molecule is COc1ccc(/C=C/C(=O)N2CCNC(=O)[C@H]2CC(=O)N2CCN(c3ccccc3)CC2)cc1. The van der Waals surface area contributed by atoms with Crippen LogP contribution in [0, 0.1) is 0 Å². The molecule has 0 saturated carbocycles. The molecule has 34 heavy (non-hydrogen) atoms. The van der Waals surface area contributed by atoms with E-state index in [9.17, 15) is 14.4 Å². The lowest BCUT2D eigenvalue weighted by atomic mass is 10.1. The van der Waals surface area contributed by atoms with Crippen LogP contribution in [0.25, 0.3) is 6.08 Å². The zero-order chi connectivity index (χ0) is 23.9. The Kier molecular flexibility index (Phi) is 7.47. The lowest BCUT2D eigenvalue weighted by Crippen LogP contribution is -2.59. The summed E-state index contributed by atoms with van der Waals surface area (Å²) >= 11 is 0. The summed E-state index contributed by atoms with van der Waals surface area (Å²) in [5, 5.41) is 2.79. The number of hydrogen-bond donors (Lipinski definition) is 1. The molecule has 8 heteroatoms. The van der Waals surface area contributed by atoms with Crippen LogP contribution in [0.2, 0.25) is 0 Å². The zero-order valence-corrected chi connectivity index (χ0v) is 19.4. The summed E-state index contributed by atoms with van der Waals surface area (Å²) in [4.78, 5) is 44.1. The fraction of sp³-hybridized carbons (Fsp3) is 0.346. The number of piperazine rings is 2. The first-order valence-corrected chi connectivity index (χ1v) is 11.5. The van der Waals surface area contributed by atoms with Crippen molar-refractivity contribution in [1.82, 2.24) is 15.1 Å². The highest BCUT2D eigenvalue weighted by molar-refractivity contribution is 5.98. The summed E-state index contributed by atoms with van der Waals surface area (Å²) in [6, 6.07) is 16.6. The third-order valence-electron chi connectivity index (χ3n) is 6.27. The van der Waals surface area contributed by atoms with Gasteiger partial charge in [-0.2, -0.15) is 0 Å². The monoisotopic (exact) mass is 462 g/mol. The van der Waals surface area contributed by atoms with Crippen molar-refractivity contribution >= 4 is 29.5 Å². The summed E-state index contributed by atoms with van der Waals surface area (Å²) < 4.78 is 5.15. The van der Waals surface area contributed by atoms with E-state index in [-0.39, 0.29) is 24.1 Å². The molecule has 178 valence electrons. The standard InChI is InChI=1S/C26H30N4O4/c1-34-22-10-7-20(8-11-22)9-12-24(31)30-14-13-27-26(33)23(30)19-25(32)29-17-15-28(16-18-29)21-5-3-2-4-6-21/h2-12,23H,13-19H2,1H3,(H,27,33)/b12-9+/t23-/m1/s1. The van der Waals surface area contributed by atoms with Crippen LogP contribution in [0.15, 0.2) is 60.7 Å². The Morgan fingerprint density at radius 1 is 1.00 bits per heavy atom. The van der Waals surface area contributed by atoms with E-state index >= 15 is 0 Å². The minimum Gasteiger partial charge on any atom is -0.497 e. The Hall–Kier alpha value is -3.81. The summed E-state index contributed by atoms with van der Waals surface area (Å²) in [6.45, 7) is 3.40. The van der Waals surface area contributed by atoms with E-state index in [1.807, 2.05) is 42.5 Å². The highest BCUT2D eigenvalue weighted by atomic mass is 16.5. The van der Waals surface area contributed by atoms with Crippen LogP contribution in [-0.2, 0) is 14.4 Å². The van der Waals surface area contributed by atoms with Gasteiger partial charge < -0.3 is 24.8 Å². The summed E-state index contributed by atoms with van der Waals surface area (Å²) in [6.07, 6.45) is 3.14. The molecular formula is C26H30N4O4. The second kappa shape index (κ2) is 10.9. The molecule has 2 saturated heterocycles. The predicted octanol–water partition coefficient (Wildman–Crippen LogP) is 1.77. The van der Waals surface area contributed by atoms with Gasteiger partial charge in [-0.25, -0.2) is 0 Å². The second-order valence-electron chi connectivity index (χ2n) is 8.35. The van der Waals surface area contributed by atoms with Crippen LogP contribution in [-0.4, -0.2) is 79.9 Å². The molecule has 0 aliphatic carbocycles. The highest BCUT2D eigenvalue weighted by Crippen LogP contribution is 2.18. The fourth-order valence-electron chi connectivity index (χ4n) is 4.31. The number of anilines is 1. The van der Waals surface area contributed by atoms with E-state index in [0.29, 0.717) is 26.2 Å². The fourth-order valence-corrected chi connectivity index (χ4v) is 4.31. The largest absolute Gasteiger partial charge is 0.497 e. The first-order valence-electron chi connectivity index (χ1n) is 11.5. The van der Waals surface area contributed by atoms with E-state index in [4.69, 9.17) is 4.74 Å². The molecule has 4 rings (SSSR count). The number of carbonyl (C=O) groups is 3. The number of ether oxygens (including phenoxy) is 1. The molecule has 1 atom stereocenters. The molecular weight excluding hydrogens is 432 g/mol. The van der Waals surface area contributed by atoms with Gasteiger partial charge in [0.2, 0.25) is 17.7 Å². The topological polar surface area (TPSA) is 82.2 Å². The maximum Gasteiger partial charge on any atom is 0.247 e. The van der Waals surface area contributed by atoms with Crippen LogP contribution in [0.1, 0.15) is 12.0 Å². The maximum absolute atomic E-state index is 13.0. The Balaban J connectivity index is 1.36. The number of rotatable bonds is 6. The molecule has 1 N–H and O–H groups in total. The molecule has 8 nitrogen and oxygen atoms in total. The van der Waals surface area contributed by atoms with Gasteiger partial charge in [-0.1, -0.05) is 30.3 Å². The van der Waals surface area contributed by atoms with Crippen molar-refractivity contribution in [2.75, 3.05) is 51.3 Å². The first kappa shape index (κ1) is 23.4. The van der Waals surface area contributed by atoms with Crippen molar-refractivity contribution < 1.29 is 19.1 Å². The molecule has 0 spiro atoms. The quantitative estimate of drug-likeness (QED) is 0.662. The third-order valence-corrected chi connectivity index (χ3v) is 6.27. The minimum atomic E-state index is -0.804. The molecule has 0 aromatic heterocycles. The van der Waals surface area contributed by atoms with Gasteiger partial charge in [-0.05, 0) is 35.9 Å². The Bertz CT molecular complexity index is 1030. The van der Waals surface area contributed by atoms with Crippen molar-refractivity contribution in [3.63, 3.8) is 0 Å². The molecule has 2 aromatic rings. The van der Waals surface area contributed by atoms with Gasteiger partial charge in [0, 0.05) is 51.0 Å². The lowest BCUT2D eigenvalue weighted by Gasteiger charge is -2.38. The summed E-state index contributed by atoms with van der Waals surface area (Å²) in [5.41, 5.74) is 1.99. The number of hydrogen-bond acceptors (Lipinski definition) is 5. The van der Waals surface area contributed by atoms with E-state index in [2.05, 4.69) is 22.3 Å². The number of nitrogens with zero attached hydrogens (tertiary/aromatic N) is 3. The van der Waals surface area contributed by atoms with Crippen LogP contribution in [0.5, 0.6) is 5.75 Å². The van der Waals surface area contributed by atoms with Crippen molar-refractivity contribution in [3.05, 3.63) is 66.2 Å². The van der Waals surface area contributed by atoms with Gasteiger partial charge in [-0.15, -0.1) is 0 Å². The van der Waals surface area contributed by atoms with Crippen molar-refractivity contribution in [1.29, 1.82) is 0 Å². The zero-order valence-electron chi connectivity index (χ0n) is 19.4. The number of nitrogens with one attached hydrogen (secondary N) is 1. The lowest BCUT2D eigenvalue weighted by molar-refractivity contribution is -0.144. The third kappa shape index (κ3) is 5.57. The molecule has 0 bridgehead atoms. The molecule has 2 aromatic carbocycles. The van der Waals surface area contributed by atoms with E-state index < -0.39 is 6.04 Å². The van der Waals surface area contributed by atoms with Gasteiger partial charge in [0.25, 0.3) is 0 Å². The van der Waals surface area contributed by atoms with Crippen LogP contribution < -0.4 is 15.0 Å². The van der Waals surface area contributed by atoms with E-state index in [0.717, 1.165) is 30.1 Å². The summed E-state index contributed by atoms with van der Waals surface area (Å²) in [7, 11) is 1.60. The molecule has 0 radical (unpaired) electrons. The van der Waals surface area contributed by atoms with Gasteiger partial charge in [-0.3, -0.25) is 14.4 Å². The van der Waals surface area contributed by atoms with Gasteiger partial charge in [0.15, 0.2) is 0 Å². The maximum atomic E-state index is 13.0. The smallest absolute Gasteiger partial charge is 0.247 e. The first-order chi connectivity index (χ1) is 16.5. The Labute approximate surface area is 199 Å². The van der Waals surface area contributed by atoms with Crippen LogP contribution in [0.4, 0.5) is 5.69 Å². The number of methoxy groups -OCH3 is 1. The molecule has 3 amide bonds. The molecule has 2 aliphatic heterocycles. The highest BCUT2D eigenvalue weighted by Gasteiger charge is 2.35. The number of amides is 3. The van der Waals surface area contributed by atoms with E-state index in [1.54, 1.807) is 18.1 Å². The molecule has 2 heterocycles. The Morgan fingerprint density at radius 3 is 2.38 bits per heavy atom. The second-order valence-corrected chi connectivity index (χ2v) is 8.35. The van der Waals surface area contributed by atoms with E-state index in [1.165, 1.54) is 11.0 Å². The van der Waals surface area contributed by atoms with Crippen LogP contribution in [0.3, 0.4) is 0 Å². The Morgan fingerprint density at radius 2 is 1.71 bits per heavy atom. The molecule has 2 aliphatic rings.